The van der Waals surface area contributed by atoms with Crippen molar-refractivity contribution in [1.82, 2.24) is 19.6 Å². The molecule has 170 valence electrons. The lowest BCUT2D eigenvalue weighted by molar-refractivity contribution is -0.140. The fourth-order valence-corrected chi connectivity index (χ4v) is 5.20. The number of amides is 2. The van der Waals surface area contributed by atoms with Gasteiger partial charge in [0.25, 0.3) is 5.91 Å². The van der Waals surface area contributed by atoms with Gasteiger partial charge in [-0.2, -0.15) is 5.10 Å². The highest BCUT2D eigenvalue weighted by atomic mass is 19.1. The van der Waals surface area contributed by atoms with Crippen LogP contribution in [0.15, 0.2) is 24.3 Å². The molecule has 2 amide bonds. The Kier molecular flexibility index (Phi) is 5.49. The second kappa shape index (κ2) is 8.31. The summed E-state index contributed by atoms with van der Waals surface area (Å²) >= 11 is 0. The molecule has 2 fully saturated rings. The Labute approximate surface area is 187 Å². The van der Waals surface area contributed by atoms with Crippen molar-refractivity contribution in [3.63, 3.8) is 0 Å². The molecule has 1 spiro atoms. The van der Waals surface area contributed by atoms with Crippen LogP contribution in [0.25, 0.3) is 0 Å². The van der Waals surface area contributed by atoms with Crippen molar-refractivity contribution >= 4 is 11.8 Å². The van der Waals surface area contributed by atoms with Crippen LogP contribution < -0.4 is 0 Å². The van der Waals surface area contributed by atoms with Gasteiger partial charge in [0.15, 0.2) is 5.69 Å². The van der Waals surface area contributed by atoms with Crippen molar-refractivity contribution in [2.24, 2.45) is 7.05 Å². The summed E-state index contributed by atoms with van der Waals surface area (Å²) in [5.41, 5.74) is 2.58. The minimum atomic E-state index is -0.344. The Hall–Kier alpha value is -2.74. The number of fused-ring (bicyclic) bond motifs is 1. The number of carbonyl (C=O) groups is 2. The van der Waals surface area contributed by atoms with Crippen LogP contribution in [-0.4, -0.2) is 63.2 Å². The molecule has 0 bridgehead atoms. The van der Waals surface area contributed by atoms with Gasteiger partial charge in [-0.25, -0.2) is 4.39 Å². The molecule has 2 aromatic rings. The normalized spacial score (nSPS) is 19.9. The van der Waals surface area contributed by atoms with Crippen molar-refractivity contribution in [2.45, 2.75) is 50.7 Å². The summed E-state index contributed by atoms with van der Waals surface area (Å²) in [6.07, 6.45) is 4.30. The first-order valence-corrected chi connectivity index (χ1v) is 11.4. The Morgan fingerprint density at radius 2 is 1.81 bits per heavy atom. The van der Waals surface area contributed by atoms with Gasteiger partial charge in [-0.3, -0.25) is 14.3 Å². The molecule has 1 aromatic heterocycles. The maximum absolute atomic E-state index is 13.9. The highest BCUT2D eigenvalue weighted by Crippen LogP contribution is 2.37. The summed E-state index contributed by atoms with van der Waals surface area (Å²) in [4.78, 5) is 29.3. The van der Waals surface area contributed by atoms with Gasteiger partial charge in [0.2, 0.25) is 5.91 Å². The number of aromatic nitrogens is 2. The predicted molar refractivity (Wildman–Crippen MR) is 115 cm³/mol. The highest BCUT2D eigenvalue weighted by molar-refractivity contribution is 5.94. The third-order valence-electron chi connectivity index (χ3n) is 7.21. The monoisotopic (exact) mass is 440 g/mol. The third-order valence-corrected chi connectivity index (χ3v) is 7.21. The van der Waals surface area contributed by atoms with Crippen molar-refractivity contribution in [3.05, 3.63) is 52.6 Å². The number of likely N-dealkylation sites (tertiary alicyclic amines) is 2. The highest BCUT2D eigenvalue weighted by Gasteiger charge is 2.43. The van der Waals surface area contributed by atoms with E-state index in [0.717, 1.165) is 50.0 Å². The minimum Gasteiger partial charge on any atom is -0.370 e. The molecular weight excluding hydrogens is 411 g/mol. The van der Waals surface area contributed by atoms with Crippen LogP contribution in [0.1, 0.15) is 53.0 Å². The second-order valence-corrected chi connectivity index (χ2v) is 9.19. The maximum atomic E-state index is 13.9. The van der Waals surface area contributed by atoms with Crippen LogP contribution in [-0.2, 0) is 36.0 Å². The Morgan fingerprint density at radius 3 is 2.53 bits per heavy atom. The Bertz CT molecular complexity index is 1040. The van der Waals surface area contributed by atoms with Crippen molar-refractivity contribution in [1.29, 1.82) is 0 Å². The SMILES string of the molecule is Cn1nc(C(=O)N2CCCC2)c2c1CC1(CCN(C(=O)Cc3ccccc3F)CC1)OC2. The number of hydrogen-bond acceptors (Lipinski definition) is 4. The largest absolute Gasteiger partial charge is 0.370 e. The van der Waals surface area contributed by atoms with E-state index in [2.05, 4.69) is 5.10 Å². The fraction of sp³-hybridized carbons (Fsp3) is 0.542. The van der Waals surface area contributed by atoms with E-state index in [-0.39, 0.29) is 29.7 Å². The molecular formula is C24H29FN4O3. The van der Waals surface area contributed by atoms with Crippen LogP contribution in [0.5, 0.6) is 0 Å². The molecule has 0 N–H and O–H groups in total. The smallest absolute Gasteiger partial charge is 0.274 e. The van der Waals surface area contributed by atoms with Gasteiger partial charge in [-0.05, 0) is 37.3 Å². The molecule has 1 aromatic carbocycles. The number of halogens is 1. The average Bonchev–Trinajstić information content (AvgIpc) is 3.44. The van der Waals surface area contributed by atoms with Crippen LogP contribution in [0, 0.1) is 5.82 Å². The zero-order valence-electron chi connectivity index (χ0n) is 18.5. The Balaban J connectivity index is 1.25. The van der Waals surface area contributed by atoms with Crippen LogP contribution in [0.4, 0.5) is 4.39 Å². The molecule has 0 unspecified atom stereocenters. The molecule has 2 saturated heterocycles. The molecule has 0 aliphatic carbocycles. The summed E-state index contributed by atoms with van der Waals surface area (Å²) in [5.74, 6) is -0.388. The first-order chi connectivity index (χ1) is 15.5. The Morgan fingerprint density at radius 1 is 1.09 bits per heavy atom. The van der Waals surface area contributed by atoms with E-state index in [1.54, 1.807) is 18.2 Å². The molecule has 4 heterocycles. The minimum absolute atomic E-state index is 0.00691. The lowest BCUT2D eigenvalue weighted by Crippen LogP contribution is -2.51. The van der Waals surface area contributed by atoms with Gasteiger partial charge in [0, 0.05) is 50.9 Å². The molecule has 5 rings (SSSR count). The van der Waals surface area contributed by atoms with E-state index in [0.29, 0.717) is 37.4 Å². The molecule has 0 radical (unpaired) electrons. The van der Waals surface area contributed by atoms with Crippen molar-refractivity contribution in [2.75, 3.05) is 26.2 Å². The van der Waals surface area contributed by atoms with Gasteiger partial charge in [-0.15, -0.1) is 0 Å². The second-order valence-electron chi connectivity index (χ2n) is 9.19. The number of ether oxygens (including phenoxy) is 1. The maximum Gasteiger partial charge on any atom is 0.274 e. The first-order valence-electron chi connectivity index (χ1n) is 11.4. The molecule has 0 saturated carbocycles. The summed E-state index contributed by atoms with van der Waals surface area (Å²) in [6.45, 7) is 3.14. The van der Waals surface area contributed by atoms with E-state index in [4.69, 9.17) is 4.74 Å². The van der Waals surface area contributed by atoms with Gasteiger partial charge < -0.3 is 14.5 Å². The molecule has 32 heavy (non-hydrogen) atoms. The van der Waals surface area contributed by atoms with Gasteiger partial charge in [0.1, 0.15) is 5.82 Å². The first kappa shape index (κ1) is 21.1. The quantitative estimate of drug-likeness (QED) is 0.736. The van der Waals surface area contributed by atoms with Crippen LogP contribution in [0.3, 0.4) is 0 Å². The number of hydrogen-bond donors (Lipinski definition) is 0. The lowest BCUT2D eigenvalue weighted by Gasteiger charge is -2.44. The lowest BCUT2D eigenvalue weighted by atomic mass is 9.83. The van der Waals surface area contributed by atoms with Crippen LogP contribution >= 0.6 is 0 Å². The zero-order chi connectivity index (χ0) is 22.3. The summed E-state index contributed by atoms with van der Waals surface area (Å²) in [7, 11) is 1.89. The van der Waals surface area contributed by atoms with E-state index in [9.17, 15) is 14.0 Å². The van der Waals surface area contributed by atoms with Gasteiger partial charge >= 0.3 is 0 Å². The fourth-order valence-electron chi connectivity index (χ4n) is 5.20. The third kappa shape index (κ3) is 3.81. The molecule has 3 aliphatic rings. The van der Waals surface area contributed by atoms with Crippen molar-refractivity contribution < 1.29 is 18.7 Å². The number of carbonyl (C=O) groups excluding carboxylic acids is 2. The standard InChI is InChI=1S/C24H29FN4O3/c1-27-20-15-24(32-16-18(20)22(26-27)23(31)29-10-4-5-11-29)8-12-28(13-9-24)21(30)14-17-6-2-3-7-19(17)25/h2-3,6-7H,4-5,8-16H2,1H3. The van der Waals surface area contributed by atoms with E-state index in [1.165, 1.54) is 6.07 Å². The van der Waals surface area contributed by atoms with Gasteiger partial charge in [0.05, 0.1) is 18.6 Å². The zero-order valence-corrected chi connectivity index (χ0v) is 18.5. The summed E-state index contributed by atoms with van der Waals surface area (Å²) in [5, 5.41) is 4.56. The molecule has 3 aliphatic heterocycles. The number of nitrogens with zero attached hydrogens (tertiary/aromatic N) is 4. The molecule has 0 atom stereocenters. The summed E-state index contributed by atoms with van der Waals surface area (Å²) in [6, 6.07) is 6.43. The van der Waals surface area contributed by atoms with E-state index in [1.807, 2.05) is 21.5 Å². The number of benzene rings is 1. The van der Waals surface area contributed by atoms with E-state index < -0.39 is 0 Å². The average molecular weight is 441 g/mol. The topological polar surface area (TPSA) is 67.7 Å². The molecule has 7 nitrogen and oxygen atoms in total. The van der Waals surface area contributed by atoms with Crippen LogP contribution in [0.2, 0.25) is 0 Å². The number of rotatable bonds is 3. The number of aryl methyl sites for hydroxylation is 1. The van der Waals surface area contributed by atoms with E-state index >= 15 is 0 Å². The predicted octanol–water partition coefficient (Wildman–Crippen LogP) is 2.47. The summed E-state index contributed by atoms with van der Waals surface area (Å²) < 4.78 is 22.1. The number of piperidine rings is 1. The van der Waals surface area contributed by atoms with Gasteiger partial charge in [-0.1, -0.05) is 18.2 Å². The van der Waals surface area contributed by atoms with Crippen molar-refractivity contribution in [3.8, 4) is 0 Å². The molecule has 8 heteroatoms.